The Balaban J connectivity index is 0.00000276. The molecule has 1 saturated heterocycles. The zero-order chi connectivity index (χ0) is 30.2. The van der Waals surface area contributed by atoms with E-state index in [0.717, 1.165) is 5.69 Å². The van der Waals surface area contributed by atoms with Crippen LogP contribution in [0.4, 0.5) is 29.2 Å². The third kappa shape index (κ3) is 10.7. The fourth-order valence-corrected chi connectivity index (χ4v) is 5.47. The van der Waals surface area contributed by atoms with Gasteiger partial charge in [-0.2, -0.15) is 19.3 Å². The Morgan fingerprint density at radius 1 is 0.889 bits per heavy atom. The summed E-state index contributed by atoms with van der Waals surface area (Å²) in [7, 11) is -4.70. The van der Waals surface area contributed by atoms with E-state index in [1.165, 1.54) is 12.1 Å². The second kappa shape index (κ2) is 17.7. The molecule has 4 aromatic rings. The van der Waals surface area contributed by atoms with Gasteiger partial charge in [0, 0.05) is 29.4 Å². The Kier molecular flexibility index (Phi) is 14.7. The molecule has 0 saturated carbocycles. The van der Waals surface area contributed by atoms with Crippen molar-refractivity contribution < 1.29 is 91.5 Å². The third-order valence-electron chi connectivity index (χ3n) is 6.25. The predicted molar refractivity (Wildman–Crippen MR) is 158 cm³/mol. The largest absolute Gasteiger partial charge is 1.00 e. The van der Waals surface area contributed by atoms with Crippen LogP contribution in [0.3, 0.4) is 0 Å². The zero-order valence-corrected chi connectivity index (χ0v) is 30.4. The van der Waals surface area contributed by atoms with Crippen molar-refractivity contribution in [3.8, 4) is 0 Å². The number of benzene rings is 3. The minimum atomic E-state index is -4.70. The number of hydrogen-bond donors (Lipinski definition) is 2. The topological polar surface area (TPSA) is 174 Å². The van der Waals surface area contributed by atoms with E-state index in [1.54, 1.807) is 43.3 Å². The molecule has 1 aliphatic heterocycles. The first-order chi connectivity index (χ1) is 20.8. The first-order valence-electron chi connectivity index (χ1n) is 13.0. The Labute approximate surface area is 309 Å². The monoisotopic (exact) mass is 668 g/mol. The molecule has 1 fully saturated rings. The number of morpholine rings is 1. The van der Waals surface area contributed by atoms with E-state index in [2.05, 4.69) is 35.0 Å². The number of para-hydroxylation sites is 1. The summed E-state index contributed by atoms with van der Waals surface area (Å²) in [6, 6.07) is 19.2. The maximum absolute atomic E-state index is 11.8. The maximum atomic E-state index is 11.8. The number of aryl methyl sites for hydroxylation is 1. The smallest absolute Gasteiger partial charge is 0.744 e. The van der Waals surface area contributed by atoms with Crippen molar-refractivity contribution >= 4 is 63.5 Å². The normalized spacial score (nSPS) is 13.2. The molecule has 0 bridgehead atoms. The molecule has 0 radical (unpaired) electrons. The molecular formula is C28H26N6Na2O7S2. The summed E-state index contributed by atoms with van der Waals surface area (Å²) in [6.45, 7) is 4.05. The van der Waals surface area contributed by atoms with Crippen LogP contribution >= 0.6 is 12.0 Å². The third-order valence-corrected chi connectivity index (χ3v) is 7.80. The van der Waals surface area contributed by atoms with Crippen LogP contribution in [0, 0.1) is 6.92 Å². The molecule has 0 amide bonds. The van der Waals surface area contributed by atoms with Gasteiger partial charge in [0.25, 0.3) is 0 Å². The van der Waals surface area contributed by atoms with Crippen LogP contribution in [-0.2, 0) is 24.2 Å². The number of rotatable bonds is 11. The van der Waals surface area contributed by atoms with Gasteiger partial charge in [-0.05, 0) is 53.9 Å². The van der Waals surface area contributed by atoms with E-state index in [1.807, 2.05) is 35.2 Å². The number of hydrogen-bond acceptors (Lipinski definition) is 14. The molecule has 1 aliphatic rings. The predicted octanol–water partition coefficient (Wildman–Crippen LogP) is -2.18. The minimum Gasteiger partial charge on any atom is -0.744 e. The number of nitrogens with zero attached hydrogens (tertiary/aromatic N) is 4. The first-order valence-corrected chi connectivity index (χ1v) is 15.1. The van der Waals surface area contributed by atoms with E-state index < -0.39 is 10.1 Å². The second-order valence-electron chi connectivity index (χ2n) is 9.30. The van der Waals surface area contributed by atoms with Gasteiger partial charge >= 0.3 is 59.1 Å². The molecule has 5 rings (SSSR count). The molecule has 224 valence electrons. The Morgan fingerprint density at radius 2 is 1.53 bits per heavy atom. The molecule has 17 heteroatoms. The number of nitrogens with one attached hydrogen (secondary N) is 2. The maximum Gasteiger partial charge on any atom is 1.00 e. The summed E-state index contributed by atoms with van der Waals surface area (Å²) in [5.74, 6) is 1.07. The van der Waals surface area contributed by atoms with Gasteiger partial charge in [0.1, 0.15) is 10.1 Å². The van der Waals surface area contributed by atoms with Gasteiger partial charge in [0.05, 0.1) is 30.2 Å². The van der Waals surface area contributed by atoms with Crippen molar-refractivity contribution in [1.82, 2.24) is 15.0 Å². The van der Waals surface area contributed by atoms with Crippen LogP contribution in [0.1, 0.15) is 16.7 Å². The summed E-state index contributed by atoms with van der Waals surface area (Å²) in [4.78, 5) is 15.9. The number of anilines is 5. The van der Waals surface area contributed by atoms with Gasteiger partial charge in [-0.25, -0.2) is 8.42 Å². The van der Waals surface area contributed by atoms with E-state index in [9.17, 15) is 18.2 Å². The summed E-state index contributed by atoms with van der Waals surface area (Å²) < 4.78 is 45.4. The van der Waals surface area contributed by atoms with Gasteiger partial charge in [-0.15, -0.1) is 0 Å². The summed E-state index contributed by atoms with van der Waals surface area (Å²) >= 11 is 0.656. The average Bonchev–Trinajstić information content (AvgIpc) is 3.00. The number of ether oxygens (including phenoxy) is 1. The van der Waals surface area contributed by atoms with E-state index >= 15 is 0 Å². The molecule has 13 nitrogen and oxygen atoms in total. The van der Waals surface area contributed by atoms with Gasteiger partial charge < -0.3 is 30.1 Å². The van der Waals surface area contributed by atoms with E-state index in [4.69, 9.17) is 4.74 Å². The summed E-state index contributed by atoms with van der Waals surface area (Å²) in [5.41, 5.74) is 2.77. The molecule has 0 spiro atoms. The van der Waals surface area contributed by atoms with Crippen molar-refractivity contribution in [2.24, 2.45) is 0 Å². The summed E-state index contributed by atoms with van der Waals surface area (Å²) in [6.07, 6.45) is 3.10. The van der Waals surface area contributed by atoms with Crippen molar-refractivity contribution in [3.05, 3.63) is 83.4 Å². The van der Waals surface area contributed by atoms with Crippen LogP contribution in [0.2, 0.25) is 0 Å². The van der Waals surface area contributed by atoms with Crippen LogP contribution in [0.5, 0.6) is 0 Å². The standard InChI is InChI=1S/C28H28N6O7S2.2Na/c1-19-7-8-21(25(17-19)43(36,37)38)10-9-20-11-12-23(18-24(20)42-41-40-35)30-27-31-26(29-22-5-3-2-4-6-22)32-28(33-27)34-13-15-39-16-14-34;;/h2-12,17-18,35H,13-16H2,1H3,(H,36,37,38)(H2,29,30,31,32,33);;/q;2*+1/p-2/b10-9+;;. The van der Waals surface area contributed by atoms with E-state index in [0.29, 0.717) is 72.0 Å². The molecule has 0 aliphatic carbocycles. The van der Waals surface area contributed by atoms with Gasteiger partial charge in [-0.3, -0.25) is 5.04 Å². The van der Waals surface area contributed by atoms with Crippen molar-refractivity contribution in [1.29, 1.82) is 0 Å². The first kappa shape index (κ1) is 37.4. The molecule has 1 aromatic heterocycles. The molecule has 2 N–H and O–H groups in total. The number of aromatic nitrogens is 3. The van der Waals surface area contributed by atoms with Gasteiger partial charge in [0.15, 0.2) is 0 Å². The van der Waals surface area contributed by atoms with Crippen LogP contribution in [0.25, 0.3) is 12.2 Å². The second-order valence-corrected chi connectivity index (χ2v) is 11.4. The Bertz CT molecular complexity index is 1710. The molecular weight excluding hydrogens is 642 g/mol. The quantitative estimate of drug-likeness (QED) is 0.0441. The Morgan fingerprint density at radius 3 is 2.20 bits per heavy atom. The minimum absolute atomic E-state index is 0. The SMILES string of the molecule is Cc1ccc(/C=C/c2ccc(Nc3nc(Nc4ccccc4)nc(N4CCOCC4)n3)cc2SOO[O-])c(S(=O)(=O)[O-])c1.[Na+].[Na+]. The van der Waals surface area contributed by atoms with E-state index in [-0.39, 0.29) is 75.5 Å². The van der Waals surface area contributed by atoms with Gasteiger partial charge in [-0.1, -0.05) is 48.6 Å². The molecule has 0 atom stereocenters. The van der Waals surface area contributed by atoms with Gasteiger partial charge in [0.2, 0.25) is 17.8 Å². The fourth-order valence-electron chi connectivity index (χ4n) is 4.21. The summed E-state index contributed by atoms with van der Waals surface area (Å²) in [5, 5.41) is 20.5. The van der Waals surface area contributed by atoms with Crippen LogP contribution in [0.15, 0.2) is 76.5 Å². The fraction of sp³-hybridized carbons (Fsp3) is 0.179. The van der Waals surface area contributed by atoms with Crippen LogP contribution < -0.4 is 79.9 Å². The van der Waals surface area contributed by atoms with Crippen LogP contribution in [-0.4, -0.2) is 54.2 Å². The molecule has 3 aromatic carbocycles. The van der Waals surface area contributed by atoms with Crippen molar-refractivity contribution in [3.63, 3.8) is 0 Å². The zero-order valence-electron chi connectivity index (χ0n) is 24.8. The van der Waals surface area contributed by atoms with Crippen molar-refractivity contribution in [2.75, 3.05) is 41.8 Å². The molecule has 2 heterocycles. The van der Waals surface area contributed by atoms with Crippen molar-refractivity contribution in [2.45, 2.75) is 16.7 Å². The molecule has 45 heavy (non-hydrogen) atoms. The molecule has 0 unspecified atom stereocenters. The average molecular weight is 669 g/mol. The Hall–Kier alpha value is -2.09.